The van der Waals surface area contributed by atoms with E-state index in [1.54, 1.807) is 0 Å². The molecule has 0 aliphatic heterocycles. The van der Waals surface area contributed by atoms with Gasteiger partial charge in [0.25, 0.3) is 0 Å². The van der Waals surface area contributed by atoms with E-state index < -0.39 is 21.5 Å². The van der Waals surface area contributed by atoms with Gasteiger partial charge in [0.05, 0.1) is 0 Å². The van der Waals surface area contributed by atoms with Crippen LogP contribution in [-0.2, 0) is 14.6 Å². The quantitative estimate of drug-likeness (QED) is 0.535. The van der Waals surface area contributed by atoms with Gasteiger partial charge in [-0.15, -0.1) is 0 Å². The van der Waals surface area contributed by atoms with Crippen molar-refractivity contribution < 1.29 is 13.2 Å². The predicted octanol–water partition coefficient (Wildman–Crippen LogP) is -1.24. The Labute approximate surface area is 78.8 Å². The van der Waals surface area contributed by atoms with Gasteiger partial charge in [-0.1, -0.05) is 6.92 Å². The highest BCUT2D eigenvalue weighted by molar-refractivity contribution is 7.91. The van der Waals surface area contributed by atoms with Crippen molar-refractivity contribution in [3.8, 4) is 0 Å². The highest BCUT2D eigenvalue weighted by atomic mass is 32.2. The summed E-state index contributed by atoms with van der Waals surface area (Å²) in [6.07, 6.45) is 1.04. The molecule has 2 N–H and O–H groups in total. The Bertz CT molecular complexity index is 248. The molecule has 0 aromatic carbocycles. The molecule has 0 heterocycles. The zero-order chi connectivity index (χ0) is 10.3. The monoisotopic (exact) mass is 208 g/mol. The summed E-state index contributed by atoms with van der Waals surface area (Å²) in [5.74, 6) is -0.875. The summed E-state index contributed by atoms with van der Waals surface area (Å²) in [5.41, 5.74) is 0. The molecule has 0 rings (SSSR count). The summed E-state index contributed by atoms with van der Waals surface area (Å²) in [4.78, 5) is 10.9. The van der Waals surface area contributed by atoms with Gasteiger partial charge in [-0.3, -0.25) is 4.79 Å². The van der Waals surface area contributed by atoms with Crippen molar-refractivity contribution in [1.29, 1.82) is 0 Å². The van der Waals surface area contributed by atoms with Gasteiger partial charge in [-0.2, -0.15) is 0 Å². The molecular weight excluding hydrogens is 192 g/mol. The summed E-state index contributed by atoms with van der Waals surface area (Å²) in [7, 11) is -3.20. The lowest BCUT2D eigenvalue weighted by Gasteiger charge is -2.03. The number of hydrogen-bond donors (Lipinski definition) is 2. The van der Waals surface area contributed by atoms with Crippen molar-refractivity contribution >= 4 is 15.7 Å². The number of carbonyl (C=O) groups is 1. The lowest BCUT2D eigenvalue weighted by molar-refractivity contribution is -0.118. The molecule has 0 aromatic rings. The van der Waals surface area contributed by atoms with Gasteiger partial charge in [0.1, 0.15) is 5.75 Å². The van der Waals surface area contributed by atoms with Crippen molar-refractivity contribution in [1.82, 2.24) is 10.6 Å². The first-order valence-electron chi connectivity index (χ1n) is 4.11. The van der Waals surface area contributed by atoms with Crippen molar-refractivity contribution in [3.05, 3.63) is 0 Å². The van der Waals surface area contributed by atoms with E-state index in [0.717, 1.165) is 12.8 Å². The Morgan fingerprint density at radius 1 is 1.31 bits per heavy atom. The third-order valence-corrected chi connectivity index (χ3v) is 2.05. The molecule has 0 bridgehead atoms. The van der Waals surface area contributed by atoms with E-state index in [2.05, 4.69) is 10.6 Å². The zero-order valence-electron chi connectivity index (χ0n) is 7.96. The number of sulfone groups is 1. The largest absolute Gasteiger partial charge is 0.354 e. The van der Waals surface area contributed by atoms with Crippen molar-refractivity contribution in [2.75, 3.05) is 31.6 Å². The van der Waals surface area contributed by atoms with Crippen LogP contribution in [0.25, 0.3) is 0 Å². The minimum absolute atomic E-state index is 0.431. The molecule has 0 radical (unpaired) electrons. The maximum Gasteiger partial charge on any atom is 0.235 e. The Balaban J connectivity index is 3.53. The number of likely N-dealkylation sites (N-methyl/N-ethyl adjacent to an activating group) is 1. The van der Waals surface area contributed by atoms with Crippen LogP contribution >= 0.6 is 0 Å². The Morgan fingerprint density at radius 3 is 2.38 bits per heavy atom. The number of hydrogen-bond acceptors (Lipinski definition) is 4. The Hall–Kier alpha value is -0.620. The van der Waals surface area contributed by atoms with E-state index in [4.69, 9.17) is 0 Å². The fourth-order valence-corrected chi connectivity index (χ4v) is 1.33. The minimum Gasteiger partial charge on any atom is -0.354 e. The highest BCUT2D eigenvalue weighted by Crippen LogP contribution is 1.80. The molecule has 0 saturated carbocycles. The fraction of sp³-hybridized carbons (Fsp3) is 0.857. The SMILES string of the molecule is CCNCCNC(=O)CS(C)(=O)=O. The summed E-state index contributed by atoms with van der Waals surface area (Å²) in [5, 5.41) is 5.50. The van der Waals surface area contributed by atoms with E-state index in [-0.39, 0.29) is 0 Å². The van der Waals surface area contributed by atoms with Gasteiger partial charge in [-0.25, -0.2) is 8.42 Å². The molecule has 6 heteroatoms. The third kappa shape index (κ3) is 9.29. The van der Waals surface area contributed by atoms with Crippen LogP contribution in [0.5, 0.6) is 0 Å². The van der Waals surface area contributed by atoms with Crippen LogP contribution in [0.4, 0.5) is 0 Å². The average Bonchev–Trinajstić information content (AvgIpc) is 1.94. The van der Waals surface area contributed by atoms with Crippen molar-refractivity contribution in [2.45, 2.75) is 6.92 Å². The number of rotatable bonds is 6. The first-order valence-corrected chi connectivity index (χ1v) is 6.17. The normalized spacial score (nSPS) is 11.2. The molecule has 0 saturated heterocycles. The predicted molar refractivity (Wildman–Crippen MR) is 51.3 cm³/mol. The lowest BCUT2D eigenvalue weighted by atomic mass is 10.5. The van der Waals surface area contributed by atoms with Crippen molar-refractivity contribution in [2.24, 2.45) is 0 Å². The molecule has 5 nitrogen and oxygen atoms in total. The topological polar surface area (TPSA) is 75.3 Å². The lowest BCUT2D eigenvalue weighted by Crippen LogP contribution is -2.35. The van der Waals surface area contributed by atoms with Crippen LogP contribution < -0.4 is 10.6 Å². The molecular formula is C7H16N2O3S. The first kappa shape index (κ1) is 12.4. The van der Waals surface area contributed by atoms with Gasteiger partial charge in [-0.05, 0) is 6.54 Å². The van der Waals surface area contributed by atoms with Crippen LogP contribution in [-0.4, -0.2) is 46.0 Å². The van der Waals surface area contributed by atoms with Crippen LogP contribution in [0, 0.1) is 0 Å². The van der Waals surface area contributed by atoms with E-state index in [0.29, 0.717) is 13.1 Å². The summed E-state index contributed by atoms with van der Waals surface area (Å²) in [6, 6.07) is 0. The molecule has 78 valence electrons. The second kappa shape index (κ2) is 5.93. The molecule has 0 aromatic heterocycles. The number of amides is 1. The second-order valence-electron chi connectivity index (χ2n) is 2.77. The maximum atomic E-state index is 10.9. The van der Waals surface area contributed by atoms with Gasteiger partial charge < -0.3 is 10.6 Å². The molecule has 0 atom stereocenters. The van der Waals surface area contributed by atoms with Gasteiger partial charge in [0.2, 0.25) is 5.91 Å². The Kier molecular flexibility index (Phi) is 5.65. The van der Waals surface area contributed by atoms with Gasteiger partial charge in [0, 0.05) is 19.3 Å². The standard InChI is InChI=1S/C7H16N2O3S/c1-3-8-4-5-9-7(10)6-13(2,11)12/h8H,3-6H2,1-2H3,(H,9,10). The summed E-state index contributed by atoms with van der Waals surface area (Å²) >= 11 is 0. The number of nitrogens with one attached hydrogen (secondary N) is 2. The van der Waals surface area contributed by atoms with Gasteiger partial charge >= 0.3 is 0 Å². The van der Waals surface area contributed by atoms with Crippen LogP contribution in [0.3, 0.4) is 0 Å². The van der Waals surface area contributed by atoms with E-state index in [1.165, 1.54) is 0 Å². The fourth-order valence-electron chi connectivity index (χ4n) is 0.756. The summed E-state index contributed by atoms with van der Waals surface area (Å²) in [6.45, 7) is 3.91. The highest BCUT2D eigenvalue weighted by Gasteiger charge is 2.09. The van der Waals surface area contributed by atoms with E-state index in [9.17, 15) is 13.2 Å². The maximum absolute atomic E-state index is 10.9. The molecule has 0 spiro atoms. The molecule has 0 aliphatic rings. The molecule has 0 aliphatic carbocycles. The van der Waals surface area contributed by atoms with Crippen LogP contribution in [0.2, 0.25) is 0 Å². The number of carbonyl (C=O) groups excluding carboxylic acids is 1. The third-order valence-electron chi connectivity index (χ3n) is 1.27. The smallest absolute Gasteiger partial charge is 0.235 e. The minimum atomic E-state index is -3.20. The molecule has 0 unspecified atom stereocenters. The van der Waals surface area contributed by atoms with E-state index in [1.807, 2.05) is 6.92 Å². The first-order chi connectivity index (χ1) is 5.95. The van der Waals surface area contributed by atoms with Crippen molar-refractivity contribution in [3.63, 3.8) is 0 Å². The average molecular weight is 208 g/mol. The van der Waals surface area contributed by atoms with Crippen LogP contribution in [0.15, 0.2) is 0 Å². The van der Waals surface area contributed by atoms with E-state index >= 15 is 0 Å². The summed E-state index contributed by atoms with van der Waals surface area (Å²) < 4.78 is 21.3. The molecule has 0 fully saturated rings. The van der Waals surface area contributed by atoms with Crippen LogP contribution in [0.1, 0.15) is 6.92 Å². The molecule has 1 amide bonds. The van der Waals surface area contributed by atoms with Gasteiger partial charge in [0.15, 0.2) is 9.84 Å². The molecule has 13 heavy (non-hydrogen) atoms. The zero-order valence-corrected chi connectivity index (χ0v) is 8.78. The second-order valence-corrected chi connectivity index (χ2v) is 4.91. The Morgan fingerprint density at radius 2 is 1.92 bits per heavy atom.